The third-order valence-corrected chi connectivity index (χ3v) is 4.06. The number of carbonyl (C=O) groups excluding carboxylic acids is 2. The molecule has 1 aromatic rings. The number of benzene rings is 1. The number of nitrogens with zero attached hydrogens (tertiary/aromatic N) is 1. The number of aliphatic carboxylic acids is 1. The molecule has 2 N–H and O–H groups in total. The van der Waals surface area contributed by atoms with Crippen LogP contribution in [0.4, 0.5) is 5.69 Å². The van der Waals surface area contributed by atoms with Gasteiger partial charge in [-0.1, -0.05) is 0 Å². The third-order valence-electron chi connectivity index (χ3n) is 4.06. The molecule has 1 aromatic carbocycles. The van der Waals surface area contributed by atoms with Crippen LogP contribution in [-0.4, -0.2) is 48.7 Å². The fraction of sp³-hybridized carbons (Fsp3) is 0.438. The van der Waals surface area contributed by atoms with Gasteiger partial charge in [-0.25, -0.2) is 0 Å². The number of anilines is 1. The van der Waals surface area contributed by atoms with E-state index < -0.39 is 23.8 Å². The molecule has 2 atom stereocenters. The summed E-state index contributed by atoms with van der Waals surface area (Å²) in [5, 5.41) is 11.3. The number of rotatable bonds is 4. The molecule has 2 amide bonds. The molecule has 0 saturated carbocycles. The fourth-order valence-electron chi connectivity index (χ4n) is 2.73. The molecule has 2 aliphatic heterocycles. The molecule has 0 radical (unpaired) electrons. The lowest BCUT2D eigenvalue weighted by atomic mass is 10.1. The minimum Gasteiger partial charge on any atom is -0.486 e. The second-order valence-electron chi connectivity index (χ2n) is 5.80. The van der Waals surface area contributed by atoms with Crippen molar-refractivity contribution in [3.05, 3.63) is 18.2 Å². The topological polar surface area (TPSA) is 105 Å². The quantitative estimate of drug-likeness (QED) is 0.826. The molecule has 1 fully saturated rings. The lowest BCUT2D eigenvalue weighted by molar-refractivity contribution is -0.141. The lowest BCUT2D eigenvalue weighted by Crippen LogP contribution is -2.42. The fourth-order valence-corrected chi connectivity index (χ4v) is 2.73. The minimum atomic E-state index is -1.11. The first-order valence-corrected chi connectivity index (χ1v) is 7.69. The van der Waals surface area contributed by atoms with Crippen molar-refractivity contribution in [1.82, 2.24) is 5.32 Å². The van der Waals surface area contributed by atoms with Crippen LogP contribution in [0, 0.1) is 5.92 Å². The smallest absolute Gasteiger partial charge is 0.325 e. The van der Waals surface area contributed by atoms with Gasteiger partial charge in [-0.2, -0.15) is 0 Å². The molecule has 128 valence electrons. The van der Waals surface area contributed by atoms with Crippen LogP contribution in [0.25, 0.3) is 0 Å². The Morgan fingerprint density at radius 2 is 2.00 bits per heavy atom. The first kappa shape index (κ1) is 16.1. The summed E-state index contributed by atoms with van der Waals surface area (Å²) in [6.07, 6.45) is 0.0482. The van der Waals surface area contributed by atoms with Gasteiger partial charge in [0.2, 0.25) is 11.8 Å². The summed E-state index contributed by atoms with van der Waals surface area (Å²) in [5.74, 6) is -1.11. The zero-order valence-electron chi connectivity index (χ0n) is 13.2. The standard InChI is InChI=1S/C16H18N2O6/c1-9(16(21)22)17-15(20)10-6-14(19)18(8-10)11-2-3-12-13(7-11)24-5-4-23-12/h2-3,7,9-10H,4-6,8H2,1H3,(H,17,20)(H,21,22)/t9-,10?/m1/s1. The number of carboxylic acids is 1. The monoisotopic (exact) mass is 334 g/mol. The van der Waals surface area contributed by atoms with Gasteiger partial charge >= 0.3 is 5.97 Å². The summed E-state index contributed by atoms with van der Waals surface area (Å²) in [6, 6.07) is 4.20. The molecule has 8 heteroatoms. The van der Waals surface area contributed by atoms with Gasteiger partial charge in [-0.15, -0.1) is 0 Å². The van der Waals surface area contributed by atoms with Gasteiger partial charge in [0, 0.05) is 24.7 Å². The number of nitrogens with one attached hydrogen (secondary N) is 1. The van der Waals surface area contributed by atoms with Crippen LogP contribution in [0.2, 0.25) is 0 Å². The SMILES string of the molecule is C[C@@H](NC(=O)C1CC(=O)N(c2ccc3c(c2)OCCO3)C1)C(=O)O. The first-order chi connectivity index (χ1) is 11.5. The number of hydrogen-bond acceptors (Lipinski definition) is 5. The zero-order valence-corrected chi connectivity index (χ0v) is 13.2. The molecule has 0 aromatic heterocycles. The lowest BCUT2D eigenvalue weighted by Gasteiger charge is -2.22. The Balaban J connectivity index is 1.71. The van der Waals surface area contributed by atoms with E-state index in [0.717, 1.165) is 0 Å². The number of carboxylic acid groups (broad SMARTS) is 1. The van der Waals surface area contributed by atoms with E-state index in [0.29, 0.717) is 30.4 Å². The van der Waals surface area contributed by atoms with Crippen molar-refractivity contribution in [2.75, 3.05) is 24.7 Å². The van der Waals surface area contributed by atoms with E-state index in [-0.39, 0.29) is 18.9 Å². The normalized spacial score (nSPS) is 20.6. The van der Waals surface area contributed by atoms with Gasteiger partial charge in [-0.05, 0) is 19.1 Å². The predicted molar refractivity (Wildman–Crippen MR) is 83.1 cm³/mol. The molecule has 8 nitrogen and oxygen atoms in total. The van der Waals surface area contributed by atoms with E-state index in [1.54, 1.807) is 18.2 Å². The van der Waals surface area contributed by atoms with Crippen molar-refractivity contribution >= 4 is 23.5 Å². The van der Waals surface area contributed by atoms with Crippen LogP contribution in [-0.2, 0) is 14.4 Å². The maximum atomic E-state index is 12.2. The zero-order chi connectivity index (χ0) is 17.3. The van der Waals surface area contributed by atoms with E-state index in [4.69, 9.17) is 14.6 Å². The molecule has 0 aliphatic carbocycles. The van der Waals surface area contributed by atoms with Gasteiger partial charge in [0.25, 0.3) is 0 Å². The second kappa shape index (κ2) is 6.38. The average Bonchev–Trinajstić information content (AvgIpc) is 2.96. The average molecular weight is 334 g/mol. The molecular formula is C16H18N2O6. The van der Waals surface area contributed by atoms with Crippen molar-refractivity contribution < 1.29 is 29.0 Å². The Hall–Kier alpha value is -2.77. The van der Waals surface area contributed by atoms with E-state index in [1.807, 2.05) is 0 Å². The Morgan fingerprint density at radius 3 is 2.71 bits per heavy atom. The van der Waals surface area contributed by atoms with E-state index in [9.17, 15) is 14.4 Å². The molecule has 2 heterocycles. The van der Waals surface area contributed by atoms with Gasteiger partial charge in [0.15, 0.2) is 11.5 Å². The van der Waals surface area contributed by atoms with E-state index in [2.05, 4.69) is 5.32 Å². The maximum absolute atomic E-state index is 12.2. The van der Waals surface area contributed by atoms with Crippen molar-refractivity contribution in [3.63, 3.8) is 0 Å². The van der Waals surface area contributed by atoms with Crippen LogP contribution in [0.5, 0.6) is 11.5 Å². The number of amides is 2. The highest BCUT2D eigenvalue weighted by atomic mass is 16.6. The van der Waals surface area contributed by atoms with Gasteiger partial charge in [0.05, 0.1) is 5.92 Å². The largest absolute Gasteiger partial charge is 0.486 e. The highest BCUT2D eigenvalue weighted by molar-refractivity contribution is 6.01. The number of ether oxygens (including phenoxy) is 2. The first-order valence-electron chi connectivity index (χ1n) is 7.69. The Morgan fingerprint density at radius 1 is 1.29 bits per heavy atom. The van der Waals surface area contributed by atoms with E-state index >= 15 is 0 Å². The van der Waals surface area contributed by atoms with Crippen molar-refractivity contribution in [1.29, 1.82) is 0 Å². The molecule has 0 bridgehead atoms. The summed E-state index contributed by atoms with van der Waals surface area (Å²) in [6.45, 7) is 2.52. The van der Waals surface area contributed by atoms with E-state index in [1.165, 1.54) is 11.8 Å². The summed E-state index contributed by atoms with van der Waals surface area (Å²) in [7, 11) is 0. The molecule has 3 rings (SSSR count). The Bertz CT molecular complexity index is 689. The summed E-state index contributed by atoms with van der Waals surface area (Å²) in [5.41, 5.74) is 0.630. The molecule has 1 saturated heterocycles. The van der Waals surface area contributed by atoms with Crippen LogP contribution >= 0.6 is 0 Å². The molecule has 0 spiro atoms. The molecular weight excluding hydrogens is 316 g/mol. The highest BCUT2D eigenvalue weighted by Gasteiger charge is 2.36. The number of hydrogen-bond donors (Lipinski definition) is 2. The summed E-state index contributed by atoms with van der Waals surface area (Å²) < 4.78 is 10.9. The van der Waals surface area contributed by atoms with Gasteiger partial charge in [0.1, 0.15) is 19.3 Å². The van der Waals surface area contributed by atoms with Crippen LogP contribution in [0.1, 0.15) is 13.3 Å². The van der Waals surface area contributed by atoms with Crippen LogP contribution in [0.3, 0.4) is 0 Å². The molecule has 2 aliphatic rings. The Labute approximate surface area is 138 Å². The summed E-state index contributed by atoms with van der Waals surface area (Å²) >= 11 is 0. The van der Waals surface area contributed by atoms with Crippen molar-refractivity contribution in [2.24, 2.45) is 5.92 Å². The van der Waals surface area contributed by atoms with Gasteiger partial charge < -0.3 is 24.8 Å². The van der Waals surface area contributed by atoms with Crippen molar-refractivity contribution in [3.8, 4) is 11.5 Å². The minimum absolute atomic E-state index is 0.0482. The van der Waals surface area contributed by atoms with Crippen LogP contribution < -0.4 is 19.7 Å². The molecule has 24 heavy (non-hydrogen) atoms. The van der Waals surface area contributed by atoms with Crippen molar-refractivity contribution in [2.45, 2.75) is 19.4 Å². The number of carbonyl (C=O) groups is 3. The molecule has 1 unspecified atom stereocenters. The predicted octanol–water partition coefficient (Wildman–Crippen LogP) is 0.400. The Kier molecular flexibility index (Phi) is 4.28. The van der Waals surface area contributed by atoms with Crippen LogP contribution in [0.15, 0.2) is 18.2 Å². The highest BCUT2D eigenvalue weighted by Crippen LogP contribution is 2.35. The number of fused-ring (bicyclic) bond motifs is 1. The van der Waals surface area contributed by atoms with Gasteiger partial charge in [-0.3, -0.25) is 14.4 Å². The third kappa shape index (κ3) is 3.12. The maximum Gasteiger partial charge on any atom is 0.325 e. The summed E-state index contributed by atoms with van der Waals surface area (Å²) in [4.78, 5) is 36.7. The second-order valence-corrected chi connectivity index (χ2v) is 5.80.